The molecule has 6 aromatic carbocycles. The molecule has 0 fully saturated rings. The van der Waals surface area contributed by atoms with Gasteiger partial charge in [-0.15, -0.1) is 11.3 Å². The number of benzene rings is 6. The number of aromatic nitrogens is 3. The molecule has 9 rings (SSSR count). The van der Waals surface area contributed by atoms with E-state index in [2.05, 4.69) is 133 Å². The Morgan fingerprint density at radius 2 is 1.20 bits per heavy atom. The van der Waals surface area contributed by atoms with Crippen LogP contribution < -0.4 is 0 Å². The van der Waals surface area contributed by atoms with E-state index in [4.69, 9.17) is 9.97 Å². The van der Waals surface area contributed by atoms with Crippen LogP contribution in [-0.4, -0.2) is 14.5 Å². The first-order chi connectivity index (χ1) is 24.2. The second-order valence-electron chi connectivity index (χ2n) is 12.2. The van der Waals surface area contributed by atoms with E-state index < -0.39 is 0 Å². The largest absolute Gasteiger partial charge is 0.309 e. The van der Waals surface area contributed by atoms with Gasteiger partial charge in [0.25, 0.3) is 0 Å². The summed E-state index contributed by atoms with van der Waals surface area (Å²) in [7, 11) is 0. The number of allylic oxidation sites excluding steroid dienone is 1. The van der Waals surface area contributed by atoms with Gasteiger partial charge in [-0.2, -0.15) is 0 Å². The molecule has 4 heteroatoms. The second kappa shape index (κ2) is 11.9. The number of hydrogen-bond donors (Lipinski definition) is 0. The van der Waals surface area contributed by atoms with Gasteiger partial charge in [0, 0.05) is 59.1 Å². The molecule has 3 aromatic heterocycles. The van der Waals surface area contributed by atoms with E-state index in [1.54, 1.807) is 0 Å². The molecule has 0 radical (unpaired) electrons. The van der Waals surface area contributed by atoms with Crippen LogP contribution in [0.5, 0.6) is 0 Å². The van der Waals surface area contributed by atoms with Crippen LogP contribution in [0.4, 0.5) is 0 Å². The summed E-state index contributed by atoms with van der Waals surface area (Å²) in [6.45, 7) is 6.31. The van der Waals surface area contributed by atoms with Gasteiger partial charge >= 0.3 is 0 Å². The quantitative estimate of drug-likeness (QED) is 0.180. The third-order valence-corrected chi connectivity index (χ3v) is 10.5. The van der Waals surface area contributed by atoms with Crippen LogP contribution in [0.3, 0.4) is 0 Å². The maximum absolute atomic E-state index is 5.07. The number of para-hydroxylation sites is 1. The van der Waals surface area contributed by atoms with Crippen molar-refractivity contribution < 1.29 is 0 Å². The Balaban J connectivity index is 1.28. The van der Waals surface area contributed by atoms with Gasteiger partial charge in [0.2, 0.25) is 0 Å². The standard InChI is InChI=1S/C45H31N3S/c1-3-15-40-33(4-2)41-34-20-11-12-21-35(34)43-42(44(41)49-40)36-22-13-14-23-39(36)48(43)32-26-24-31(25-27-32)45-46-37(29-16-7-5-8-17-29)28-38(47-45)30-18-9-6-10-19-30/h3-28H,2H2,1H3/b15-3-. The van der Waals surface area contributed by atoms with Gasteiger partial charge in [0.15, 0.2) is 5.82 Å². The number of fused-ring (bicyclic) bond motifs is 8. The fraction of sp³-hybridized carbons (Fsp3) is 0.0222. The predicted octanol–water partition coefficient (Wildman–Crippen LogP) is 12.6. The normalized spacial score (nSPS) is 11.8. The van der Waals surface area contributed by atoms with Crippen LogP contribution in [-0.2, 0) is 0 Å². The number of nitrogens with zero attached hydrogens (tertiary/aromatic N) is 3. The molecule has 0 aliphatic heterocycles. The Labute approximate surface area is 288 Å². The highest BCUT2D eigenvalue weighted by Gasteiger charge is 2.22. The highest BCUT2D eigenvalue weighted by atomic mass is 32.1. The lowest BCUT2D eigenvalue weighted by Crippen LogP contribution is -1.97. The van der Waals surface area contributed by atoms with Crippen molar-refractivity contribution in [1.82, 2.24) is 14.5 Å². The van der Waals surface area contributed by atoms with Crippen molar-refractivity contribution in [3.63, 3.8) is 0 Å². The van der Waals surface area contributed by atoms with Crippen molar-refractivity contribution in [3.8, 4) is 39.6 Å². The molecule has 0 amide bonds. The molecule has 3 nitrogen and oxygen atoms in total. The molecular weight excluding hydrogens is 615 g/mol. The first-order valence-corrected chi connectivity index (χ1v) is 17.3. The van der Waals surface area contributed by atoms with Crippen LogP contribution in [0.25, 0.3) is 94.4 Å². The molecule has 232 valence electrons. The van der Waals surface area contributed by atoms with Gasteiger partial charge in [-0.05, 0) is 54.8 Å². The van der Waals surface area contributed by atoms with E-state index in [9.17, 15) is 0 Å². The topological polar surface area (TPSA) is 30.7 Å². The van der Waals surface area contributed by atoms with Crippen LogP contribution in [0, 0.1) is 0 Å². The average molecular weight is 646 g/mol. The van der Waals surface area contributed by atoms with Crippen LogP contribution in [0.1, 0.15) is 17.4 Å². The summed E-state index contributed by atoms with van der Waals surface area (Å²) in [6, 6.07) is 49.0. The van der Waals surface area contributed by atoms with Gasteiger partial charge in [-0.3, -0.25) is 0 Å². The van der Waals surface area contributed by atoms with E-state index >= 15 is 0 Å². The Hall–Kier alpha value is -6.10. The summed E-state index contributed by atoms with van der Waals surface area (Å²) >= 11 is 1.85. The zero-order valence-corrected chi connectivity index (χ0v) is 27.8. The molecule has 0 saturated heterocycles. The summed E-state index contributed by atoms with van der Waals surface area (Å²) in [6.07, 6.45) is 6.34. The van der Waals surface area contributed by atoms with Crippen LogP contribution >= 0.6 is 11.3 Å². The lowest BCUT2D eigenvalue weighted by Gasteiger charge is -2.13. The molecule has 0 spiro atoms. The summed E-state index contributed by atoms with van der Waals surface area (Å²) in [5.41, 5.74) is 9.59. The maximum Gasteiger partial charge on any atom is 0.160 e. The van der Waals surface area contributed by atoms with Gasteiger partial charge < -0.3 is 4.57 Å². The van der Waals surface area contributed by atoms with Crippen molar-refractivity contribution in [2.45, 2.75) is 6.92 Å². The molecule has 0 N–H and O–H groups in total. The number of hydrogen-bond acceptors (Lipinski definition) is 3. The first kappa shape index (κ1) is 29.1. The van der Waals surface area contributed by atoms with Crippen molar-refractivity contribution in [3.05, 3.63) is 163 Å². The van der Waals surface area contributed by atoms with Crippen molar-refractivity contribution in [1.29, 1.82) is 0 Å². The summed E-state index contributed by atoms with van der Waals surface area (Å²) in [4.78, 5) is 11.4. The molecule has 0 aliphatic carbocycles. The van der Waals surface area contributed by atoms with Gasteiger partial charge in [-0.25, -0.2) is 9.97 Å². The predicted molar refractivity (Wildman–Crippen MR) is 210 cm³/mol. The summed E-state index contributed by atoms with van der Waals surface area (Å²) < 4.78 is 3.72. The monoisotopic (exact) mass is 645 g/mol. The fourth-order valence-electron chi connectivity index (χ4n) is 7.13. The molecule has 3 heterocycles. The molecule has 9 aromatic rings. The highest BCUT2D eigenvalue weighted by molar-refractivity contribution is 7.21. The van der Waals surface area contributed by atoms with E-state index in [1.165, 1.54) is 53.1 Å². The Bertz CT molecular complexity index is 2660. The van der Waals surface area contributed by atoms with E-state index in [0.29, 0.717) is 5.82 Å². The lowest BCUT2D eigenvalue weighted by atomic mass is 9.98. The Morgan fingerprint density at radius 1 is 0.612 bits per heavy atom. The van der Waals surface area contributed by atoms with Crippen molar-refractivity contribution in [2.75, 3.05) is 0 Å². The minimum atomic E-state index is 0.702. The van der Waals surface area contributed by atoms with E-state index in [-0.39, 0.29) is 0 Å². The molecule has 0 bridgehead atoms. The number of rotatable bonds is 6. The minimum absolute atomic E-state index is 0.702. The SMILES string of the molecule is C=Cc1c(/C=C\C)sc2c1c1ccccc1c1c2c2ccccc2n1-c1ccc(-c2nc(-c3ccccc3)cc(-c3ccccc3)n2)cc1. The average Bonchev–Trinajstić information content (AvgIpc) is 3.72. The van der Waals surface area contributed by atoms with E-state index in [1.807, 2.05) is 53.8 Å². The fourth-order valence-corrected chi connectivity index (χ4v) is 8.48. The molecular formula is C45H31N3S. The Morgan fingerprint density at radius 3 is 1.84 bits per heavy atom. The zero-order valence-electron chi connectivity index (χ0n) is 27.0. The minimum Gasteiger partial charge on any atom is -0.309 e. The molecule has 0 saturated carbocycles. The van der Waals surface area contributed by atoms with E-state index in [0.717, 1.165) is 33.8 Å². The first-order valence-electron chi connectivity index (χ1n) is 16.5. The zero-order chi connectivity index (χ0) is 32.9. The smallest absolute Gasteiger partial charge is 0.160 e. The molecule has 0 aliphatic rings. The van der Waals surface area contributed by atoms with Crippen LogP contribution in [0.2, 0.25) is 0 Å². The highest BCUT2D eigenvalue weighted by Crippen LogP contribution is 2.47. The van der Waals surface area contributed by atoms with Gasteiger partial charge in [-0.1, -0.05) is 122 Å². The Kier molecular flexibility index (Phi) is 7.03. The number of thiophene rings is 1. The van der Waals surface area contributed by atoms with Gasteiger partial charge in [0.1, 0.15) is 0 Å². The molecule has 0 unspecified atom stereocenters. The summed E-state index contributed by atoms with van der Waals surface area (Å²) in [5.74, 6) is 0.702. The van der Waals surface area contributed by atoms with Crippen molar-refractivity contribution in [2.24, 2.45) is 0 Å². The van der Waals surface area contributed by atoms with Crippen molar-refractivity contribution >= 4 is 66.2 Å². The lowest BCUT2D eigenvalue weighted by molar-refractivity contribution is 1.17. The van der Waals surface area contributed by atoms with Crippen LogP contribution in [0.15, 0.2) is 152 Å². The molecule has 0 atom stereocenters. The second-order valence-corrected chi connectivity index (χ2v) is 13.2. The maximum atomic E-state index is 5.07. The third-order valence-electron chi connectivity index (χ3n) is 9.30. The summed E-state index contributed by atoms with van der Waals surface area (Å²) in [5, 5.41) is 6.27. The molecule has 49 heavy (non-hydrogen) atoms. The van der Waals surface area contributed by atoms with Gasteiger partial charge in [0.05, 0.1) is 22.4 Å². The third kappa shape index (κ3) is 4.72.